The van der Waals surface area contributed by atoms with E-state index in [1.54, 1.807) is 19.9 Å². The van der Waals surface area contributed by atoms with Gasteiger partial charge >= 0.3 is 5.97 Å². The fourth-order valence-corrected chi connectivity index (χ4v) is 3.11. The van der Waals surface area contributed by atoms with Gasteiger partial charge in [-0.25, -0.2) is 4.79 Å². The smallest absolute Gasteiger partial charge is 0.344 e. The summed E-state index contributed by atoms with van der Waals surface area (Å²) in [5.41, 5.74) is 3.99. The van der Waals surface area contributed by atoms with E-state index in [2.05, 4.69) is 4.98 Å². The Morgan fingerprint density at radius 1 is 1.11 bits per heavy atom. The summed E-state index contributed by atoms with van der Waals surface area (Å²) in [5, 5.41) is 0. The van der Waals surface area contributed by atoms with E-state index in [1.165, 1.54) is 13.8 Å². The summed E-state index contributed by atoms with van der Waals surface area (Å²) >= 11 is 0. The van der Waals surface area contributed by atoms with E-state index in [1.807, 2.05) is 26.0 Å². The summed E-state index contributed by atoms with van der Waals surface area (Å²) in [4.78, 5) is 39.3. The average molecular weight is 371 g/mol. The number of H-pyrrole nitrogens is 1. The van der Waals surface area contributed by atoms with E-state index in [-0.39, 0.29) is 23.9 Å². The SMILES string of the molecule is CC(=O)c1c(C)[nH]c(C(=O)[C@H](C)OC(=O)COc2ccc(C)cc2C)c1C. The molecule has 6 heteroatoms. The van der Waals surface area contributed by atoms with Crippen LogP contribution in [0.3, 0.4) is 0 Å². The van der Waals surface area contributed by atoms with Crippen molar-refractivity contribution in [1.82, 2.24) is 4.98 Å². The summed E-state index contributed by atoms with van der Waals surface area (Å²) in [6, 6.07) is 5.64. The Kier molecular flexibility index (Phi) is 6.20. The van der Waals surface area contributed by atoms with E-state index in [9.17, 15) is 14.4 Å². The fraction of sp³-hybridized carbons (Fsp3) is 0.381. The Morgan fingerprint density at radius 3 is 2.33 bits per heavy atom. The fourth-order valence-electron chi connectivity index (χ4n) is 3.11. The summed E-state index contributed by atoms with van der Waals surface area (Å²) in [6.07, 6.45) is -0.989. The summed E-state index contributed by atoms with van der Waals surface area (Å²) < 4.78 is 10.7. The van der Waals surface area contributed by atoms with E-state index in [4.69, 9.17) is 9.47 Å². The number of Topliss-reactive ketones (excluding diaryl/α,β-unsaturated/α-hetero) is 2. The maximum atomic E-state index is 12.6. The van der Waals surface area contributed by atoms with Crippen molar-refractivity contribution in [3.8, 4) is 5.75 Å². The van der Waals surface area contributed by atoms with Gasteiger partial charge in [-0.1, -0.05) is 17.7 Å². The lowest BCUT2D eigenvalue weighted by molar-refractivity contribution is -0.148. The van der Waals surface area contributed by atoms with Crippen LogP contribution in [-0.4, -0.2) is 35.2 Å². The molecule has 0 unspecified atom stereocenters. The Morgan fingerprint density at radius 2 is 1.78 bits per heavy atom. The third-order valence-electron chi connectivity index (χ3n) is 4.39. The predicted octanol–water partition coefficient (Wildman–Crippen LogP) is 3.64. The number of ketones is 2. The number of hydrogen-bond donors (Lipinski definition) is 1. The van der Waals surface area contributed by atoms with Gasteiger partial charge < -0.3 is 14.5 Å². The van der Waals surface area contributed by atoms with Crippen LogP contribution in [0.15, 0.2) is 18.2 Å². The Hall–Kier alpha value is -2.89. The van der Waals surface area contributed by atoms with Crippen molar-refractivity contribution in [2.75, 3.05) is 6.61 Å². The number of hydrogen-bond acceptors (Lipinski definition) is 5. The molecule has 0 saturated heterocycles. The number of benzene rings is 1. The molecule has 27 heavy (non-hydrogen) atoms. The van der Waals surface area contributed by atoms with E-state index in [0.717, 1.165) is 11.1 Å². The second kappa shape index (κ2) is 8.20. The highest BCUT2D eigenvalue weighted by atomic mass is 16.6. The van der Waals surface area contributed by atoms with E-state index < -0.39 is 12.1 Å². The lowest BCUT2D eigenvalue weighted by Crippen LogP contribution is -2.28. The van der Waals surface area contributed by atoms with Gasteiger partial charge in [0.15, 0.2) is 18.5 Å². The zero-order valence-electron chi connectivity index (χ0n) is 16.6. The average Bonchev–Trinajstić information content (AvgIpc) is 2.87. The number of esters is 1. The first-order chi connectivity index (χ1) is 12.6. The number of nitrogens with one attached hydrogen (secondary N) is 1. The minimum atomic E-state index is -0.989. The molecular weight excluding hydrogens is 346 g/mol. The largest absolute Gasteiger partial charge is 0.482 e. The second-order valence-electron chi connectivity index (χ2n) is 6.74. The number of aromatic amines is 1. The van der Waals surface area contributed by atoms with Crippen molar-refractivity contribution in [3.05, 3.63) is 51.8 Å². The van der Waals surface area contributed by atoms with Gasteiger partial charge in [0.2, 0.25) is 5.78 Å². The lowest BCUT2D eigenvalue weighted by atomic mass is 10.0. The third-order valence-corrected chi connectivity index (χ3v) is 4.39. The maximum Gasteiger partial charge on any atom is 0.344 e. The number of carbonyl (C=O) groups excluding carboxylic acids is 3. The van der Waals surface area contributed by atoms with Gasteiger partial charge in [-0.15, -0.1) is 0 Å². The molecule has 1 aromatic heterocycles. The number of aryl methyl sites for hydroxylation is 3. The zero-order chi connectivity index (χ0) is 20.3. The molecule has 2 aromatic rings. The monoisotopic (exact) mass is 371 g/mol. The van der Waals surface area contributed by atoms with Crippen molar-refractivity contribution in [2.45, 2.75) is 47.6 Å². The van der Waals surface area contributed by atoms with Crippen LogP contribution in [0.5, 0.6) is 5.75 Å². The summed E-state index contributed by atoms with van der Waals surface area (Å²) in [7, 11) is 0. The predicted molar refractivity (Wildman–Crippen MR) is 102 cm³/mol. The van der Waals surface area contributed by atoms with Gasteiger partial charge in [-0.3, -0.25) is 9.59 Å². The van der Waals surface area contributed by atoms with Gasteiger partial charge in [0.25, 0.3) is 0 Å². The maximum absolute atomic E-state index is 12.6. The first-order valence-corrected chi connectivity index (χ1v) is 8.75. The molecule has 0 aliphatic carbocycles. The molecule has 1 aromatic carbocycles. The standard InChI is InChI=1S/C21H25NO5/c1-11-7-8-17(12(2)9-11)26-10-18(24)27-16(6)21(25)20-13(3)19(15(5)23)14(4)22-20/h7-9,16,22H,10H2,1-6H3/t16-/m0/s1. The molecule has 0 saturated carbocycles. The van der Waals surface area contributed by atoms with Crippen molar-refractivity contribution in [1.29, 1.82) is 0 Å². The number of ether oxygens (including phenoxy) is 2. The highest BCUT2D eigenvalue weighted by Gasteiger charge is 2.26. The van der Waals surface area contributed by atoms with Gasteiger partial charge in [0.05, 0.1) is 5.69 Å². The molecule has 0 spiro atoms. The molecule has 0 bridgehead atoms. The van der Waals surface area contributed by atoms with E-state index in [0.29, 0.717) is 22.6 Å². The minimum Gasteiger partial charge on any atom is -0.482 e. The lowest BCUT2D eigenvalue weighted by Gasteiger charge is -2.13. The highest BCUT2D eigenvalue weighted by molar-refractivity contribution is 6.05. The summed E-state index contributed by atoms with van der Waals surface area (Å²) in [6.45, 7) is 9.96. The van der Waals surface area contributed by atoms with Gasteiger partial charge in [-0.2, -0.15) is 0 Å². The molecule has 1 N–H and O–H groups in total. The molecule has 6 nitrogen and oxygen atoms in total. The van der Waals surface area contributed by atoms with Crippen LogP contribution in [0.4, 0.5) is 0 Å². The van der Waals surface area contributed by atoms with Crippen LogP contribution in [-0.2, 0) is 9.53 Å². The van der Waals surface area contributed by atoms with Crippen LogP contribution in [0.25, 0.3) is 0 Å². The number of carbonyl (C=O) groups is 3. The van der Waals surface area contributed by atoms with E-state index >= 15 is 0 Å². The van der Waals surface area contributed by atoms with Gasteiger partial charge in [0.1, 0.15) is 5.75 Å². The van der Waals surface area contributed by atoms with Crippen molar-refractivity contribution in [3.63, 3.8) is 0 Å². The van der Waals surface area contributed by atoms with Crippen LogP contribution in [0, 0.1) is 27.7 Å². The molecule has 0 aliphatic heterocycles. The molecule has 1 heterocycles. The Bertz CT molecular complexity index is 894. The molecular formula is C21H25NO5. The Balaban J connectivity index is 2.01. The molecule has 0 aliphatic rings. The third kappa shape index (κ3) is 4.64. The zero-order valence-corrected chi connectivity index (χ0v) is 16.6. The minimum absolute atomic E-state index is 0.119. The second-order valence-corrected chi connectivity index (χ2v) is 6.74. The van der Waals surface area contributed by atoms with Crippen LogP contribution < -0.4 is 4.74 Å². The normalized spacial score (nSPS) is 11.8. The first-order valence-electron chi connectivity index (χ1n) is 8.75. The molecule has 2 rings (SSSR count). The van der Waals surface area contributed by atoms with Crippen molar-refractivity contribution < 1.29 is 23.9 Å². The Labute approximate surface area is 158 Å². The van der Waals surface area contributed by atoms with Crippen molar-refractivity contribution in [2.24, 2.45) is 0 Å². The quantitative estimate of drug-likeness (QED) is 0.593. The van der Waals surface area contributed by atoms with Crippen LogP contribution in [0.1, 0.15) is 57.1 Å². The topological polar surface area (TPSA) is 85.5 Å². The highest BCUT2D eigenvalue weighted by Crippen LogP contribution is 2.21. The molecule has 0 fully saturated rings. The van der Waals surface area contributed by atoms with Crippen LogP contribution in [0.2, 0.25) is 0 Å². The van der Waals surface area contributed by atoms with Gasteiger partial charge in [-0.05, 0) is 58.7 Å². The molecule has 144 valence electrons. The van der Waals surface area contributed by atoms with Crippen LogP contribution >= 0.6 is 0 Å². The number of rotatable bonds is 7. The first kappa shape index (κ1) is 20.4. The molecule has 0 radical (unpaired) electrons. The summed E-state index contributed by atoms with van der Waals surface area (Å²) in [5.74, 6) is -0.545. The van der Waals surface area contributed by atoms with Crippen molar-refractivity contribution >= 4 is 17.5 Å². The molecule has 0 amide bonds. The van der Waals surface area contributed by atoms with Gasteiger partial charge in [0, 0.05) is 11.3 Å². The molecule has 1 atom stereocenters. The number of aromatic nitrogens is 1.